The number of fused-ring (bicyclic) bond motifs is 2. The van der Waals surface area contributed by atoms with E-state index in [9.17, 15) is 63.3 Å². The van der Waals surface area contributed by atoms with E-state index in [4.69, 9.17) is 9.47 Å². The Hall–Kier alpha value is -11.1. The number of carbonyl (C=O) groups excluding carboxylic acids is 9. The van der Waals surface area contributed by atoms with Crippen LogP contribution in [0.25, 0.3) is 21.5 Å². The van der Waals surface area contributed by atoms with Crippen LogP contribution in [0.1, 0.15) is 86.5 Å². The van der Waals surface area contributed by atoms with Crippen LogP contribution in [0.4, 0.5) is 0 Å². The van der Waals surface area contributed by atoms with Crippen LogP contribution in [0.5, 0.6) is 5.75 Å². The smallest absolute Gasteiger partial charge is 0.326 e. The van der Waals surface area contributed by atoms with Crippen molar-refractivity contribution in [1.82, 2.24) is 57.7 Å². The van der Waals surface area contributed by atoms with Crippen molar-refractivity contribution in [3.8, 4) is 5.75 Å². The Bertz CT molecular complexity index is 4240. The predicted molar refractivity (Wildman–Crippen MR) is 387 cm³/mol. The number of nitrogens with zero attached hydrogens (tertiary/aromatic N) is 2. The number of amides is 9. The van der Waals surface area contributed by atoms with Crippen LogP contribution < -0.4 is 52.6 Å². The highest BCUT2D eigenvalue weighted by Gasteiger charge is 2.48. The fourth-order valence-electron chi connectivity index (χ4n) is 12.9. The predicted octanol–water partition coefficient (Wildman–Crippen LogP) is 2.71. The van der Waals surface area contributed by atoms with Gasteiger partial charge in [-0.1, -0.05) is 136 Å². The molecule has 28 nitrogen and oxygen atoms in total. The van der Waals surface area contributed by atoms with Gasteiger partial charge in [-0.2, -0.15) is 0 Å². The number of aliphatic carboxylic acids is 3. The minimum atomic E-state index is -1.66. The second kappa shape index (κ2) is 35.4. The largest absolute Gasteiger partial charge is 0.490 e. The van der Waals surface area contributed by atoms with E-state index in [0.29, 0.717) is 28.0 Å². The third kappa shape index (κ3) is 20.8. The summed E-state index contributed by atoms with van der Waals surface area (Å²) >= 11 is 0. The highest BCUT2D eigenvalue weighted by molar-refractivity contribution is 6.00. The van der Waals surface area contributed by atoms with E-state index in [0.717, 1.165) is 26.4 Å². The summed E-state index contributed by atoms with van der Waals surface area (Å²) in [7, 11) is 3.07. The van der Waals surface area contributed by atoms with Crippen LogP contribution in [0, 0.1) is 5.41 Å². The second-order valence-electron chi connectivity index (χ2n) is 27.8. The molecule has 28 heteroatoms. The summed E-state index contributed by atoms with van der Waals surface area (Å²) in [4.78, 5) is 171. The summed E-state index contributed by atoms with van der Waals surface area (Å²) in [6.07, 6.45) is 0.279. The highest BCUT2D eigenvalue weighted by Crippen LogP contribution is 2.29. The van der Waals surface area contributed by atoms with Gasteiger partial charge >= 0.3 is 17.9 Å². The molecule has 6 aromatic rings. The molecule has 556 valence electrons. The van der Waals surface area contributed by atoms with Gasteiger partial charge in [0.2, 0.25) is 47.3 Å². The van der Waals surface area contributed by atoms with E-state index in [2.05, 4.69) is 47.9 Å². The van der Waals surface area contributed by atoms with Gasteiger partial charge in [-0.05, 0) is 114 Å². The minimum absolute atomic E-state index is 0.00414. The summed E-state index contributed by atoms with van der Waals surface area (Å²) in [6, 6.07) is 23.6. The average Bonchev–Trinajstić information content (AvgIpc) is 1.69. The number of ether oxygens (including phenoxy) is 2. The Morgan fingerprint density at radius 3 is 1.51 bits per heavy atom. The van der Waals surface area contributed by atoms with E-state index in [1.807, 2.05) is 72.8 Å². The maximum atomic E-state index is 15.2. The maximum Gasteiger partial charge on any atom is 0.326 e. The normalized spacial score (nSPS) is 22.5. The molecule has 8 bridgehead atoms. The SMILES string of the molecule is CN[C@@H](C)C(=O)N[C@@H](CC(=O)O)C(=O)N1C[C@@H]2C[C@H]1C(=O)N[C@@H](Cc1ccc3ccccc3c1)C(=O)N[C@H](C(=O)O)Cc1ccc(cc1)C(=O)N[C@H]1C[C@@H](C(=O)N[C@@H](Cc3ccc4ccccc4c3)C(=O)N[C@H](C(=O)O)Cc3ccc(cc3)OC/C=C/CO2)N(C(=O)[C@@H](NC(=O)[C@H](C)NC)C(C)(C)C)C1. The van der Waals surface area contributed by atoms with Gasteiger partial charge in [-0.25, -0.2) is 9.59 Å². The van der Waals surface area contributed by atoms with Gasteiger partial charge in [0, 0.05) is 56.8 Å². The molecule has 0 radical (unpaired) electrons. The molecule has 0 saturated carbocycles. The third-order valence-corrected chi connectivity index (χ3v) is 19.1. The standard InChI is InChI=1S/C77H91N11O17/c1-43(78-6)66(91)83-59(40-64(89)90)73(98)88-42-56-39-63(88)72(97)82-58(37-48-21-25-50-15-9-11-17-53(50)33-48)70(95)84-60(75(100)101)34-45-18-26-51(27-19-45)68(93)80-54-38-62(87(41-54)74(99)65(77(3,4)5)86-67(92)44(2)79-7)71(96)81-57(36-47-20-24-49-14-8-10-16-52(49)32-47)69(94)85-61(76(102)103)35-46-22-28-55(29-23-46)104-30-12-13-31-105-56/h8-29,32-33,43-44,54,56-63,65,78-79H,30-31,34-42H2,1-7H3,(H,80,93)(H,81,96)(H,82,97)(H,83,91)(H,84,95)(H,85,94)(H,86,92)(H,89,90)(H,100,101)(H,102,103)/b13-12+/t43-,44-,54-,56-,57-,58-,59-,60-,61-,62-,63-,65+/m0/s1. The lowest BCUT2D eigenvalue weighted by atomic mass is 9.85. The van der Waals surface area contributed by atoms with Crippen LogP contribution in [0.2, 0.25) is 0 Å². The van der Waals surface area contributed by atoms with Gasteiger partial charge in [0.15, 0.2) is 0 Å². The van der Waals surface area contributed by atoms with E-state index in [1.165, 1.54) is 43.1 Å². The lowest BCUT2D eigenvalue weighted by molar-refractivity contribution is -0.146. The number of benzene rings is 6. The van der Waals surface area contributed by atoms with Crippen LogP contribution in [-0.2, 0) is 83.2 Å². The molecule has 2 saturated heterocycles. The number of hydrogen-bond acceptors (Lipinski definition) is 16. The Labute approximate surface area is 607 Å². The van der Waals surface area contributed by atoms with E-state index in [1.54, 1.807) is 83.3 Å². The molecule has 2 fully saturated rings. The molecule has 12 atom stereocenters. The van der Waals surface area contributed by atoms with Crippen molar-refractivity contribution in [2.45, 2.75) is 152 Å². The van der Waals surface area contributed by atoms with Gasteiger partial charge in [0.05, 0.1) is 31.2 Å². The van der Waals surface area contributed by atoms with E-state index in [-0.39, 0.29) is 70.4 Å². The monoisotopic (exact) mass is 1440 g/mol. The molecule has 12 N–H and O–H groups in total. The molecule has 12 rings (SSSR count). The lowest BCUT2D eigenvalue weighted by Gasteiger charge is -2.36. The van der Waals surface area contributed by atoms with Gasteiger partial charge in [-0.3, -0.25) is 47.9 Å². The van der Waals surface area contributed by atoms with Crippen molar-refractivity contribution in [2.75, 3.05) is 40.4 Å². The number of carbonyl (C=O) groups is 12. The zero-order chi connectivity index (χ0) is 75.8. The number of hydrogen-bond donors (Lipinski definition) is 12. The molecular weight excluding hydrogens is 1350 g/mol. The van der Waals surface area contributed by atoms with Crippen LogP contribution in [0.3, 0.4) is 0 Å². The minimum Gasteiger partial charge on any atom is -0.490 e. The first-order valence-electron chi connectivity index (χ1n) is 34.8. The van der Waals surface area contributed by atoms with Gasteiger partial charge in [-0.15, -0.1) is 0 Å². The fourth-order valence-corrected chi connectivity index (χ4v) is 12.9. The number of rotatable bonds is 16. The Balaban J connectivity index is 1.05. The molecule has 6 aliphatic rings. The first-order valence-corrected chi connectivity index (χ1v) is 34.8. The number of nitrogens with one attached hydrogen (secondary N) is 9. The molecule has 6 aromatic carbocycles. The molecule has 0 aromatic heterocycles. The Kier molecular flexibility index (Phi) is 26.3. The molecule has 0 spiro atoms. The molecule has 105 heavy (non-hydrogen) atoms. The van der Waals surface area contributed by atoms with Crippen molar-refractivity contribution in [2.24, 2.45) is 5.41 Å². The number of likely N-dealkylation sites (tertiary alicyclic amines) is 2. The van der Waals surface area contributed by atoms with Crippen molar-refractivity contribution >= 4 is 92.6 Å². The molecule has 6 aliphatic heterocycles. The highest BCUT2D eigenvalue weighted by atomic mass is 16.5. The number of likely N-dealkylation sites (N-methyl/N-ethyl adjacent to an activating group) is 2. The summed E-state index contributed by atoms with van der Waals surface area (Å²) in [6.45, 7) is 7.71. The summed E-state index contributed by atoms with van der Waals surface area (Å²) in [5, 5.41) is 59.4. The Morgan fingerprint density at radius 2 is 1.02 bits per heavy atom. The number of carboxylic acid groups (broad SMARTS) is 3. The van der Waals surface area contributed by atoms with Gasteiger partial charge in [0.25, 0.3) is 5.91 Å². The van der Waals surface area contributed by atoms with Gasteiger partial charge < -0.3 is 82.4 Å². The van der Waals surface area contributed by atoms with Crippen LogP contribution in [-0.4, -0.2) is 209 Å². The topological polar surface area (TPSA) is 399 Å². The molecule has 0 aliphatic carbocycles. The Morgan fingerprint density at radius 1 is 0.543 bits per heavy atom. The molecule has 9 amide bonds. The summed E-state index contributed by atoms with van der Waals surface area (Å²) < 4.78 is 12.1. The summed E-state index contributed by atoms with van der Waals surface area (Å²) in [5.41, 5.74) is 1.11. The first kappa shape index (κ1) is 78.0. The van der Waals surface area contributed by atoms with Crippen molar-refractivity contribution in [3.05, 3.63) is 173 Å². The molecule has 6 heterocycles. The van der Waals surface area contributed by atoms with Crippen LogP contribution >= 0.6 is 0 Å². The molecule has 0 unspecified atom stereocenters. The van der Waals surface area contributed by atoms with Crippen molar-refractivity contribution in [1.29, 1.82) is 0 Å². The quantitative estimate of drug-likeness (QED) is 0.0620. The lowest BCUT2D eigenvalue weighted by Crippen LogP contribution is -2.61. The number of carboxylic acids is 3. The third-order valence-electron chi connectivity index (χ3n) is 19.1. The van der Waals surface area contributed by atoms with E-state index >= 15 is 9.59 Å². The van der Waals surface area contributed by atoms with E-state index < -0.39 is 155 Å². The van der Waals surface area contributed by atoms with Crippen molar-refractivity contribution < 1.29 is 82.3 Å². The summed E-state index contributed by atoms with van der Waals surface area (Å²) in [5.74, 6) is -10.9. The average molecular weight is 1440 g/mol. The van der Waals surface area contributed by atoms with Crippen LogP contribution in [0.15, 0.2) is 146 Å². The second-order valence-corrected chi connectivity index (χ2v) is 27.8. The van der Waals surface area contributed by atoms with Gasteiger partial charge in [0.1, 0.15) is 60.7 Å². The zero-order valence-electron chi connectivity index (χ0n) is 59.5. The molecular formula is C77H91N11O17. The maximum absolute atomic E-state index is 15.2. The fraction of sp³-hybridized carbons (Fsp3) is 0.403. The van der Waals surface area contributed by atoms with Crippen molar-refractivity contribution in [3.63, 3.8) is 0 Å². The zero-order valence-corrected chi connectivity index (χ0v) is 59.5. The first-order chi connectivity index (χ1) is 50.0.